The van der Waals surface area contributed by atoms with Crippen LogP contribution in [-0.4, -0.2) is 18.8 Å². The highest BCUT2D eigenvalue weighted by atomic mass is 35.5. The maximum absolute atomic E-state index is 6.21. The fourth-order valence-electron chi connectivity index (χ4n) is 3.20. The molecule has 6 heteroatoms. The highest BCUT2D eigenvalue weighted by Crippen LogP contribution is 2.54. The summed E-state index contributed by atoms with van der Waals surface area (Å²) in [5.74, 6) is 0.796. The molecule has 1 saturated carbocycles. The molecule has 0 N–H and O–H groups in total. The van der Waals surface area contributed by atoms with Crippen molar-refractivity contribution in [3.05, 3.63) is 70.5 Å². The predicted molar refractivity (Wildman–Crippen MR) is 90.5 cm³/mol. The molecule has 4 heterocycles. The molecule has 23 heavy (non-hydrogen) atoms. The van der Waals surface area contributed by atoms with Crippen molar-refractivity contribution in [2.24, 2.45) is 0 Å². The van der Waals surface area contributed by atoms with Gasteiger partial charge in [-0.2, -0.15) is 0 Å². The van der Waals surface area contributed by atoms with Crippen LogP contribution in [0.5, 0.6) is 0 Å². The molecule has 1 aliphatic carbocycles. The standard InChI is InChI=1S/C17H12Cl2N4/c18-12-3-1-5-22-8-14(20-16(12)22)10-7-11(10)15-9-23-6-2-4-13(19)17(23)21-15/h1-6,8-11H,7H2. The van der Waals surface area contributed by atoms with Crippen LogP contribution >= 0.6 is 23.2 Å². The maximum atomic E-state index is 6.21. The number of pyridine rings is 2. The molecule has 4 nitrogen and oxygen atoms in total. The lowest BCUT2D eigenvalue weighted by atomic mass is 10.2. The molecule has 5 rings (SSSR count). The van der Waals surface area contributed by atoms with E-state index in [0.717, 1.165) is 29.1 Å². The first kappa shape index (κ1) is 13.4. The lowest BCUT2D eigenvalue weighted by Gasteiger charge is -1.92. The summed E-state index contributed by atoms with van der Waals surface area (Å²) in [6.45, 7) is 0. The van der Waals surface area contributed by atoms with E-state index in [1.165, 1.54) is 0 Å². The van der Waals surface area contributed by atoms with Crippen LogP contribution in [0.25, 0.3) is 11.3 Å². The third-order valence-corrected chi connectivity index (χ3v) is 5.05. The van der Waals surface area contributed by atoms with Crippen LogP contribution in [0.15, 0.2) is 49.1 Å². The number of aromatic nitrogens is 4. The Morgan fingerprint density at radius 2 is 1.30 bits per heavy atom. The Morgan fingerprint density at radius 1 is 0.826 bits per heavy atom. The molecule has 2 unspecified atom stereocenters. The number of hydrogen-bond acceptors (Lipinski definition) is 2. The summed E-state index contributed by atoms with van der Waals surface area (Å²) in [5.41, 5.74) is 3.78. The van der Waals surface area contributed by atoms with Crippen molar-refractivity contribution >= 4 is 34.5 Å². The van der Waals surface area contributed by atoms with Crippen LogP contribution in [0.1, 0.15) is 29.6 Å². The molecule has 2 atom stereocenters. The van der Waals surface area contributed by atoms with Crippen LogP contribution < -0.4 is 0 Å². The Bertz CT molecular complexity index is 965. The molecule has 0 saturated heterocycles. The number of halogens is 2. The second-order valence-electron chi connectivity index (χ2n) is 5.95. The normalized spacial score (nSPS) is 20.4. The fraction of sp³-hybridized carbons (Fsp3) is 0.176. The van der Waals surface area contributed by atoms with Crippen LogP contribution in [0.4, 0.5) is 0 Å². The smallest absolute Gasteiger partial charge is 0.155 e. The van der Waals surface area contributed by atoms with Crippen molar-refractivity contribution in [2.45, 2.75) is 18.3 Å². The van der Waals surface area contributed by atoms with Gasteiger partial charge in [0.25, 0.3) is 0 Å². The molecular formula is C17H12Cl2N4. The largest absolute Gasteiger partial charge is 0.306 e. The van der Waals surface area contributed by atoms with Gasteiger partial charge in [-0.3, -0.25) is 0 Å². The summed E-state index contributed by atoms with van der Waals surface area (Å²) in [4.78, 5) is 9.38. The zero-order valence-corrected chi connectivity index (χ0v) is 13.5. The van der Waals surface area contributed by atoms with Crippen molar-refractivity contribution in [1.82, 2.24) is 18.8 Å². The van der Waals surface area contributed by atoms with E-state index in [0.29, 0.717) is 21.9 Å². The van der Waals surface area contributed by atoms with E-state index in [9.17, 15) is 0 Å². The van der Waals surface area contributed by atoms with E-state index in [4.69, 9.17) is 33.2 Å². The molecule has 0 radical (unpaired) electrons. The molecular weight excluding hydrogens is 331 g/mol. The predicted octanol–water partition coefficient (Wildman–Crippen LogP) is 4.56. The Morgan fingerprint density at radius 3 is 1.74 bits per heavy atom. The molecule has 1 aliphatic rings. The Kier molecular flexibility index (Phi) is 2.75. The van der Waals surface area contributed by atoms with Crippen molar-refractivity contribution in [2.75, 3.05) is 0 Å². The summed E-state index contributed by atoms with van der Waals surface area (Å²) in [6.07, 6.45) is 9.13. The Balaban J connectivity index is 1.51. The molecule has 4 aromatic heterocycles. The van der Waals surface area contributed by atoms with E-state index in [1.54, 1.807) is 0 Å². The van der Waals surface area contributed by atoms with Crippen molar-refractivity contribution in [1.29, 1.82) is 0 Å². The van der Waals surface area contributed by atoms with Gasteiger partial charge in [-0.05, 0) is 30.7 Å². The molecule has 0 bridgehead atoms. The van der Waals surface area contributed by atoms with Gasteiger partial charge in [0.15, 0.2) is 11.3 Å². The van der Waals surface area contributed by atoms with Gasteiger partial charge in [-0.25, -0.2) is 9.97 Å². The van der Waals surface area contributed by atoms with Gasteiger partial charge in [-0.1, -0.05) is 23.2 Å². The molecule has 0 aliphatic heterocycles. The van der Waals surface area contributed by atoms with E-state index in [2.05, 4.69) is 12.4 Å². The third kappa shape index (κ3) is 2.06. The molecule has 0 aromatic carbocycles. The summed E-state index contributed by atoms with van der Waals surface area (Å²) in [6, 6.07) is 7.58. The van der Waals surface area contributed by atoms with E-state index >= 15 is 0 Å². The summed E-state index contributed by atoms with van der Waals surface area (Å²) >= 11 is 12.4. The SMILES string of the molecule is Clc1cccn2cc(C3CC3c3cn4cccc(Cl)c4n3)nc12. The lowest BCUT2D eigenvalue weighted by molar-refractivity contribution is 0.957. The quantitative estimate of drug-likeness (QED) is 0.535. The second kappa shape index (κ2) is 4.73. The monoisotopic (exact) mass is 342 g/mol. The van der Waals surface area contributed by atoms with Crippen molar-refractivity contribution < 1.29 is 0 Å². The lowest BCUT2D eigenvalue weighted by Crippen LogP contribution is -1.84. The Hall–Kier alpha value is -2.04. The third-order valence-electron chi connectivity index (χ3n) is 4.46. The molecule has 114 valence electrons. The van der Waals surface area contributed by atoms with Gasteiger partial charge in [0.2, 0.25) is 0 Å². The summed E-state index contributed by atoms with van der Waals surface area (Å²) in [5, 5.41) is 1.35. The Labute approximate surface area is 142 Å². The maximum Gasteiger partial charge on any atom is 0.155 e. The van der Waals surface area contributed by atoms with Crippen molar-refractivity contribution in [3.8, 4) is 0 Å². The molecule has 0 amide bonds. The highest BCUT2D eigenvalue weighted by molar-refractivity contribution is 6.33. The van der Waals surface area contributed by atoms with Gasteiger partial charge in [-0.15, -0.1) is 0 Å². The highest BCUT2D eigenvalue weighted by Gasteiger charge is 2.43. The van der Waals surface area contributed by atoms with Crippen molar-refractivity contribution in [3.63, 3.8) is 0 Å². The first-order valence-electron chi connectivity index (χ1n) is 7.47. The van der Waals surface area contributed by atoms with Crippen LogP contribution in [0.3, 0.4) is 0 Å². The minimum Gasteiger partial charge on any atom is -0.306 e. The van der Waals surface area contributed by atoms with Gasteiger partial charge < -0.3 is 8.80 Å². The average Bonchev–Trinajstić information content (AvgIpc) is 3.02. The molecule has 1 fully saturated rings. The second-order valence-corrected chi connectivity index (χ2v) is 6.77. The molecule has 0 spiro atoms. The van der Waals surface area contributed by atoms with Gasteiger partial charge >= 0.3 is 0 Å². The van der Waals surface area contributed by atoms with Crippen LogP contribution in [0.2, 0.25) is 10.0 Å². The zero-order chi connectivity index (χ0) is 15.6. The van der Waals surface area contributed by atoms with Gasteiger partial charge in [0.1, 0.15) is 0 Å². The van der Waals surface area contributed by atoms with E-state index < -0.39 is 0 Å². The van der Waals surface area contributed by atoms with Gasteiger partial charge in [0.05, 0.1) is 21.4 Å². The number of rotatable bonds is 2. The minimum atomic E-state index is 0.398. The number of hydrogen-bond donors (Lipinski definition) is 0. The summed E-state index contributed by atoms with van der Waals surface area (Å²) in [7, 11) is 0. The van der Waals surface area contributed by atoms with Crippen LogP contribution in [0, 0.1) is 0 Å². The average molecular weight is 343 g/mol. The molecule has 4 aromatic rings. The van der Waals surface area contributed by atoms with Crippen LogP contribution in [-0.2, 0) is 0 Å². The number of fused-ring (bicyclic) bond motifs is 2. The number of nitrogens with zero attached hydrogens (tertiary/aromatic N) is 4. The zero-order valence-electron chi connectivity index (χ0n) is 12.0. The number of imidazole rings is 2. The topological polar surface area (TPSA) is 34.6 Å². The van der Waals surface area contributed by atoms with E-state index in [-0.39, 0.29) is 0 Å². The first-order valence-corrected chi connectivity index (χ1v) is 8.22. The van der Waals surface area contributed by atoms with Gasteiger partial charge in [0, 0.05) is 36.6 Å². The first-order chi connectivity index (χ1) is 11.2. The van der Waals surface area contributed by atoms with E-state index in [1.807, 2.05) is 45.5 Å². The minimum absolute atomic E-state index is 0.398. The summed E-state index contributed by atoms with van der Waals surface area (Å²) < 4.78 is 3.96. The fourth-order valence-corrected chi connectivity index (χ4v) is 3.63.